The predicted octanol–water partition coefficient (Wildman–Crippen LogP) is 2.02. The second kappa shape index (κ2) is 4.54. The van der Waals surface area contributed by atoms with Gasteiger partial charge in [0, 0.05) is 4.88 Å². The molecule has 4 heterocycles. The number of hydrazine groups is 1. The zero-order chi connectivity index (χ0) is 13.7. The van der Waals surface area contributed by atoms with E-state index in [9.17, 15) is 0 Å². The van der Waals surface area contributed by atoms with Crippen molar-refractivity contribution in [3.05, 3.63) is 10.9 Å². The van der Waals surface area contributed by atoms with E-state index in [1.54, 1.807) is 11.3 Å². The first-order valence-corrected chi connectivity index (χ1v) is 7.71. The summed E-state index contributed by atoms with van der Waals surface area (Å²) in [7, 11) is 0. The summed E-state index contributed by atoms with van der Waals surface area (Å²) in [4.78, 5) is 11.0. The van der Waals surface area contributed by atoms with Crippen molar-refractivity contribution in [3.63, 3.8) is 0 Å². The van der Waals surface area contributed by atoms with Crippen LogP contribution in [0, 0.1) is 6.92 Å². The molecule has 2 aliphatic heterocycles. The molecule has 2 aromatic rings. The highest BCUT2D eigenvalue weighted by molar-refractivity contribution is 7.18. The van der Waals surface area contributed by atoms with E-state index in [0.29, 0.717) is 24.2 Å². The third-order valence-electron chi connectivity index (χ3n) is 4.07. The second-order valence-corrected chi connectivity index (χ2v) is 6.71. The van der Waals surface area contributed by atoms with E-state index in [1.807, 2.05) is 0 Å². The van der Waals surface area contributed by atoms with Crippen LogP contribution in [-0.4, -0.2) is 28.2 Å². The van der Waals surface area contributed by atoms with Gasteiger partial charge in [-0.05, 0) is 32.3 Å². The summed E-state index contributed by atoms with van der Waals surface area (Å²) in [6.07, 6.45) is 4.13. The van der Waals surface area contributed by atoms with Crippen LogP contribution < -0.4 is 16.6 Å². The zero-order valence-corrected chi connectivity index (χ0v) is 12.0. The quantitative estimate of drug-likeness (QED) is 0.592. The number of nitrogen functional groups attached to an aromatic ring is 1. The van der Waals surface area contributed by atoms with Gasteiger partial charge in [0.1, 0.15) is 10.6 Å². The Bertz CT molecular complexity index is 657. The zero-order valence-electron chi connectivity index (χ0n) is 11.2. The monoisotopic (exact) mass is 291 g/mol. The van der Waals surface area contributed by atoms with E-state index in [2.05, 4.69) is 33.7 Å². The molecule has 0 amide bonds. The van der Waals surface area contributed by atoms with Gasteiger partial charge < -0.3 is 10.1 Å². The SMILES string of the molecule is Cc1cc2c(NC3CC4CCC3O4)nc(NN)nc2s1. The molecule has 106 valence electrons. The summed E-state index contributed by atoms with van der Waals surface area (Å²) in [5, 5.41) is 4.60. The molecule has 0 aromatic carbocycles. The lowest BCUT2D eigenvalue weighted by molar-refractivity contribution is 0.102. The normalized spacial score (nSPS) is 28.2. The minimum absolute atomic E-state index is 0.319. The van der Waals surface area contributed by atoms with Crippen molar-refractivity contribution in [2.75, 3.05) is 10.7 Å². The van der Waals surface area contributed by atoms with Crippen LogP contribution in [0.1, 0.15) is 24.1 Å². The summed E-state index contributed by atoms with van der Waals surface area (Å²) in [6, 6.07) is 2.47. The summed E-state index contributed by atoms with van der Waals surface area (Å²) in [6.45, 7) is 2.08. The third-order valence-corrected chi connectivity index (χ3v) is 5.02. The van der Waals surface area contributed by atoms with Crippen molar-refractivity contribution in [1.29, 1.82) is 0 Å². The van der Waals surface area contributed by atoms with E-state index in [0.717, 1.165) is 28.9 Å². The molecular weight excluding hydrogens is 274 g/mol. The molecule has 7 heteroatoms. The van der Waals surface area contributed by atoms with Gasteiger partial charge >= 0.3 is 0 Å². The number of thiophene rings is 1. The van der Waals surface area contributed by atoms with Crippen LogP contribution in [0.4, 0.5) is 11.8 Å². The van der Waals surface area contributed by atoms with Gasteiger partial charge in [-0.1, -0.05) is 0 Å². The number of anilines is 2. The fourth-order valence-electron chi connectivity index (χ4n) is 3.18. The fraction of sp³-hybridized carbons (Fsp3) is 0.538. The van der Waals surface area contributed by atoms with Crippen LogP contribution in [0.3, 0.4) is 0 Å². The van der Waals surface area contributed by atoms with Gasteiger partial charge in [0.15, 0.2) is 0 Å². The molecule has 2 saturated heterocycles. The number of hydrogen-bond donors (Lipinski definition) is 3. The number of ether oxygens (including phenoxy) is 1. The van der Waals surface area contributed by atoms with Crippen molar-refractivity contribution in [2.45, 2.75) is 44.4 Å². The molecular formula is C13H17N5OS. The van der Waals surface area contributed by atoms with Crippen LogP contribution in [0.2, 0.25) is 0 Å². The van der Waals surface area contributed by atoms with Crippen molar-refractivity contribution in [1.82, 2.24) is 9.97 Å². The Morgan fingerprint density at radius 3 is 3.00 bits per heavy atom. The maximum Gasteiger partial charge on any atom is 0.240 e. The number of aryl methyl sites for hydroxylation is 1. The second-order valence-electron chi connectivity index (χ2n) is 5.48. The van der Waals surface area contributed by atoms with Crippen molar-refractivity contribution >= 4 is 33.3 Å². The van der Waals surface area contributed by atoms with E-state index in [4.69, 9.17) is 10.6 Å². The number of aromatic nitrogens is 2. The highest BCUT2D eigenvalue weighted by Gasteiger charge is 2.41. The van der Waals surface area contributed by atoms with Gasteiger partial charge in [-0.2, -0.15) is 4.98 Å². The summed E-state index contributed by atoms with van der Waals surface area (Å²) < 4.78 is 5.89. The fourth-order valence-corrected chi connectivity index (χ4v) is 4.06. The smallest absolute Gasteiger partial charge is 0.240 e. The molecule has 6 nitrogen and oxygen atoms in total. The highest BCUT2D eigenvalue weighted by Crippen LogP contribution is 2.37. The van der Waals surface area contributed by atoms with Gasteiger partial charge in [0.25, 0.3) is 0 Å². The predicted molar refractivity (Wildman–Crippen MR) is 79.9 cm³/mol. The number of hydrogen-bond acceptors (Lipinski definition) is 7. The molecule has 20 heavy (non-hydrogen) atoms. The number of nitrogens with zero attached hydrogens (tertiary/aromatic N) is 2. The molecule has 2 fully saturated rings. The van der Waals surface area contributed by atoms with E-state index < -0.39 is 0 Å². The summed E-state index contributed by atoms with van der Waals surface area (Å²) in [5.41, 5.74) is 2.54. The average Bonchev–Trinajstić information content (AvgIpc) is 3.12. The summed E-state index contributed by atoms with van der Waals surface area (Å²) in [5.74, 6) is 6.77. The minimum Gasteiger partial charge on any atom is -0.373 e. The molecule has 3 atom stereocenters. The van der Waals surface area contributed by atoms with Gasteiger partial charge in [0.2, 0.25) is 5.95 Å². The summed E-state index contributed by atoms with van der Waals surface area (Å²) >= 11 is 1.65. The largest absolute Gasteiger partial charge is 0.373 e. The molecule has 2 aromatic heterocycles. The van der Waals surface area contributed by atoms with Crippen LogP contribution in [-0.2, 0) is 4.74 Å². The number of nitrogens with one attached hydrogen (secondary N) is 2. The number of rotatable bonds is 3. The molecule has 0 aliphatic carbocycles. The van der Waals surface area contributed by atoms with Crippen LogP contribution in [0.15, 0.2) is 6.07 Å². The van der Waals surface area contributed by atoms with Gasteiger partial charge in [-0.3, -0.25) is 5.43 Å². The maximum absolute atomic E-state index is 5.89. The minimum atomic E-state index is 0.319. The first-order valence-electron chi connectivity index (χ1n) is 6.90. The molecule has 4 rings (SSSR count). The highest BCUT2D eigenvalue weighted by atomic mass is 32.1. The van der Waals surface area contributed by atoms with Crippen molar-refractivity contribution < 1.29 is 4.74 Å². The standard InChI is InChI=1S/C13H17N5OS/c1-6-4-8-11(16-13(18-14)17-12(8)20-6)15-9-5-7-2-3-10(9)19-7/h4,7,9-10H,2-3,5,14H2,1H3,(H2,15,16,17,18). The number of fused-ring (bicyclic) bond motifs is 3. The molecule has 3 unspecified atom stereocenters. The van der Waals surface area contributed by atoms with Gasteiger partial charge in [-0.25, -0.2) is 10.8 Å². The Labute approximate surface area is 120 Å². The Balaban J connectivity index is 1.70. The molecule has 0 saturated carbocycles. The molecule has 4 N–H and O–H groups in total. The average molecular weight is 291 g/mol. The lowest BCUT2D eigenvalue weighted by Gasteiger charge is -2.21. The molecule has 0 radical (unpaired) electrons. The maximum atomic E-state index is 5.89. The Kier molecular flexibility index (Phi) is 2.80. The first kappa shape index (κ1) is 12.3. The van der Waals surface area contributed by atoms with Crippen LogP contribution in [0.5, 0.6) is 0 Å². The lowest BCUT2D eigenvalue weighted by Crippen LogP contribution is -2.31. The van der Waals surface area contributed by atoms with Crippen LogP contribution >= 0.6 is 11.3 Å². The van der Waals surface area contributed by atoms with Gasteiger partial charge in [-0.15, -0.1) is 11.3 Å². The van der Waals surface area contributed by atoms with E-state index in [-0.39, 0.29) is 0 Å². The molecule has 2 bridgehead atoms. The van der Waals surface area contributed by atoms with Gasteiger partial charge in [0.05, 0.1) is 23.6 Å². The van der Waals surface area contributed by atoms with E-state index in [1.165, 1.54) is 11.3 Å². The Morgan fingerprint density at radius 1 is 1.40 bits per heavy atom. The molecule has 0 spiro atoms. The lowest BCUT2D eigenvalue weighted by atomic mass is 9.95. The molecule has 2 aliphatic rings. The van der Waals surface area contributed by atoms with Crippen molar-refractivity contribution in [3.8, 4) is 0 Å². The third kappa shape index (κ3) is 1.93. The Morgan fingerprint density at radius 2 is 2.30 bits per heavy atom. The number of nitrogens with two attached hydrogens (primary N) is 1. The topological polar surface area (TPSA) is 85.1 Å². The van der Waals surface area contributed by atoms with E-state index >= 15 is 0 Å². The van der Waals surface area contributed by atoms with Crippen LogP contribution in [0.25, 0.3) is 10.2 Å². The first-order chi connectivity index (χ1) is 9.72. The van der Waals surface area contributed by atoms with Crippen molar-refractivity contribution in [2.24, 2.45) is 5.84 Å². The Hall–Kier alpha value is -1.44.